The largest absolute Gasteiger partial charge is 0.380 e. The van der Waals surface area contributed by atoms with Crippen LogP contribution in [0, 0.1) is 15.9 Å². The summed E-state index contributed by atoms with van der Waals surface area (Å²) in [5, 5.41) is 15.5. The molecule has 0 aliphatic carbocycles. The molecular formula is C11H8BrFN2O2S. The van der Waals surface area contributed by atoms with Crippen molar-refractivity contribution in [3.05, 3.63) is 54.9 Å². The van der Waals surface area contributed by atoms with Gasteiger partial charge in [-0.2, -0.15) is 0 Å². The lowest BCUT2D eigenvalue weighted by molar-refractivity contribution is -0.385. The highest BCUT2D eigenvalue weighted by atomic mass is 79.9. The number of rotatable bonds is 4. The number of thiophene rings is 1. The highest BCUT2D eigenvalue weighted by molar-refractivity contribution is 9.10. The smallest absolute Gasteiger partial charge is 0.274 e. The van der Waals surface area contributed by atoms with E-state index in [-0.39, 0.29) is 5.69 Å². The highest BCUT2D eigenvalue weighted by Crippen LogP contribution is 2.23. The molecule has 0 aliphatic rings. The summed E-state index contributed by atoms with van der Waals surface area (Å²) < 4.78 is 14.1. The maximum atomic E-state index is 13.2. The van der Waals surface area contributed by atoms with Crippen LogP contribution in [0.1, 0.15) is 4.88 Å². The average Bonchev–Trinajstić information content (AvgIpc) is 2.72. The quantitative estimate of drug-likeness (QED) is 0.676. The first-order valence-electron chi connectivity index (χ1n) is 4.96. The van der Waals surface area contributed by atoms with Gasteiger partial charge >= 0.3 is 0 Å². The molecule has 0 radical (unpaired) electrons. The molecule has 0 spiro atoms. The number of halogens is 2. The summed E-state index contributed by atoms with van der Waals surface area (Å²) in [7, 11) is 0. The molecule has 1 heterocycles. The number of non-ortho nitro benzene ring substituents is 1. The first-order chi connectivity index (χ1) is 8.54. The van der Waals surface area contributed by atoms with Crippen LogP contribution in [0.15, 0.2) is 34.1 Å². The van der Waals surface area contributed by atoms with Gasteiger partial charge in [-0.25, -0.2) is 4.39 Å². The Labute approximate surface area is 115 Å². The van der Waals surface area contributed by atoms with Crippen molar-refractivity contribution in [2.24, 2.45) is 0 Å². The highest BCUT2D eigenvalue weighted by Gasteiger charge is 2.09. The van der Waals surface area contributed by atoms with Gasteiger partial charge in [0.2, 0.25) is 0 Å². The molecular weight excluding hydrogens is 323 g/mol. The number of nitro benzene ring substituents is 1. The minimum Gasteiger partial charge on any atom is -0.380 e. The summed E-state index contributed by atoms with van der Waals surface area (Å²) >= 11 is 4.88. The van der Waals surface area contributed by atoms with Crippen molar-refractivity contribution < 1.29 is 9.31 Å². The van der Waals surface area contributed by atoms with E-state index in [0.717, 1.165) is 15.4 Å². The molecule has 94 valence electrons. The molecule has 2 aromatic rings. The van der Waals surface area contributed by atoms with Crippen LogP contribution in [-0.4, -0.2) is 4.92 Å². The van der Waals surface area contributed by atoms with Crippen LogP contribution in [0.5, 0.6) is 0 Å². The number of nitro groups is 1. The molecule has 2 rings (SSSR count). The van der Waals surface area contributed by atoms with Gasteiger partial charge in [0.25, 0.3) is 5.69 Å². The van der Waals surface area contributed by atoms with Crippen LogP contribution in [-0.2, 0) is 6.54 Å². The lowest BCUT2D eigenvalue weighted by Crippen LogP contribution is -1.99. The maximum Gasteiger partial charge on any atom is 0.274 e. The van der Waals surface area contributed by atoms with Gasteiger partial charge in [-0.3, -0.25) is 10.1 Å². The molecule has 1 aromatic heterocycles. The summed E-state index contributed by atoms with van der Waals surface area (Å²) in [6.45, 7) is 0.497. The van der Waals surface area contributed by atoms with E-state index in [1.54, 1.807) is 11.3 Å². The molecule has 7 heteroatoms. The van der Waals surface area contributed by atoms with Crippen LogP contribution in [0.3, 0.4) is 0 Å². The third kappa shape index (κ3) is 3.27. The van der Waals surface area contributed by atoms with Crippen molar-refractivity contribution in [2.45, 2.75) is 6.54 Å². The van der Waals surface area contributed by atoms with E-state index in [1.165, 1.54) is 12.1 Å². The van der Waals surface area contributed by atoms with Crippen molar-refractivity contribution in [3.63, 3.8) is 0 Å². The fourth-order valence-corrected chi connectivity index (χ4v) is 2.81. The van der Waals surface area contributed by atoms with Gasteiger partial charge in [0, 0.05) is 33.0 Å². The molecule has 18 heavy (non-hydrogen) atoms. The first kappa shape index (κ1) is 13.0. The van der Waals surface area contributed by atoms with Crippen LogP contribution >= 0.6 is 27.3 Å². The number of hydrogen-bond acceptors (Lipinski definition) is 4. The van der Waals surface area contributed by atoms with E-state index in [1.807, 2.05) is 11.4 Å². The molecule has 0 aliphatic heterocycles. The zero-order valence-corrected chi connectivity index (χ0v) is 11.4. The fraction of sp³-hybridized carbons (Fsp3) is 0.0909. The molecule has 0 amide bonds. The molecule has 1 N–H and O–H groups in total. The Morgan fingerprint density at radius 1 is 1.39 bits per heavy atom. The zero-order valence-electron chi connectivity index (χ0n) is 9.02. The molecule has 0 atom stereocenters. The van der Waals surface area contributed by atoms with E-state index in [4.69, 9.17) is 0 Å². The Bertz CT molecular complexity index is 588. The van der Waals surface area contributed by atoms with Crippen molar-refractivity contribution in [1.82, 2.24) is 0 Å². The number of nitrogens with one attached hydrogen (secondary N) is 1. The van der Waals surface area contributed by atoms with E-state index in [9.17, 15) is 14.5 Å². The minimum atomic E-state index is -0.626. The second kappa shape index (κ2) is 5.45. The normalized spacial score (nSPS) is 10.3. The van der Waals surface area contributed by atoms with Gasteiger partial charge in [-0.1, -0.05) is 0 Å². The topological polar surface area (TPSA) is 55.2 Å². The van der Waals surface area contributed by atoms with Crippen molar-refractivity contribution >= 4 is 38.6 Å². The summed E-state index contributed by atoms with van der Waals surface area (Å²) in [6, 6.07) is 5.37. The first-order valence-corrected chi connectivity index (χ1v) is 6.63. The summed E-state index contributed by atoms with van der Waals surface area (Å²) in [5.41, 5.74) is 0.135. The second-order valence-corrected chi connectivity index (χ2v) is 5.45. The van der Waals surface area contributed by atoms with Crippen LogP contribution in [0.25, 0.3) is 0 Å². The molecule has 4 nitrogen and oxygen atoms in total. The Morgan fingerprint density at radius 3 is 2.78 bits per heavy atom. The van der Waals surface area contributed by atoms with Gasteiger partial charge in [-0.15, -0.1) is 11.3 Å². The van der Waals surface area contributed by atoms with Crippen molar-refractivity contribution in [3.8, 4) is 0 Å². The van der Waals surface area contributed by atoms with E-state index < -0.39 is 10.7 Å². The molecule has 0 saturated carbocycles. The third-order valence-corrected chi connectivity index (χ3v) is 3.88. The van der Waals surface area contributed by atoms with Crippen LogP contribution in [0.2, 0.25) is 0 Å². The lowest BCUT2D eigenvalue weighted by atomic mass is 10.2. The molecule has 0 unspecified atom stereocenters. The predicted molar refractivity (Wildman–Crippen MR) is 72.4 cm³/mol. The molecule has 0 bridgehead atoms. The third-order valence-electron chi connectivity index (χ3n) is 2.18. The maximum absolute atomic E-state index is 13.2. The zero-order chi connectivity index (χ0) is 13.1. The average molecular weight is 331 g/mol. The Kier molecular flexibility index (Phi) is 3.93. The van der Waals surface area contributed by atoms with E-state index in [2.05, 4.69) is 21.2 Å². The molecule has 0 fully saturated rings. The van der Waals surface area contributed by atoms with Crippen LogP contribution in [0.4, 0.5) is 15.8 Å². The summed E-state index contributed by atoms with van der Waals surface area (Å²) in [4.78, 5) is 11.0. The van der Waals surface area contributed by atoms with E-state index in [0.29, 0.717) is 12.2 Å². The standard InChI is InChI=1S/C11H8BrFN2O2S/c12-7-1-11(18-6-7)5-14-9-2-8(13)3-10(4-9)15(16)17/h1-4,6,14H,5H2. The lowest BCUT2D eigenvalue weighted by Gasteiger charge is -2.04. The fourth-order valence-electron chi connectivity index (χ4n) is 1.42. The van der Waals surface area contributed by atoms with Gasteiger partial charge in [0.05, 0.1) is 11.0 Å². The minimum absolute atomic E-state index is 0.259. The SMILES string of the molecule is O=[N+]([O-])c1cc(F)cc(NCc2cc(Br)cs2)c1. The molecule has 0 saturated heterocycles. The predicted octanol–water partition coefficient (Wildman–Crippen LogP) is 4.17. The Balaban J connectivity index is 2.11. The van der Waals surface area contributed by atoms with Crippen molar-refractivity contribution in [1.29, 1.82) is 0 Å². The molecule has 1 aromatic carbocycles. The number of hydrogen-bond donors (Lipinski definition) is 1. The van der Waals surface area contributed by atoms with E-state index >= 15 is 0 Å². The number of benzene rings is 1. The van der Waals surface area contributed by atoms with Gasteiger partial charge < -0.3 is 5.32 Å². The Hall–Kier alpha value is -1.47. The van der Waals surface area contributed by atoms with Gasteiger partial charge in [0.1, 0.15) is 5.82 Å². The second-order valence-electron chi connectivity index (χ2n) is 3.54. The monoisotopic (exact) mass is 330 g/mol. The van der Waals surface area contributed by atoms with Gasteiger partial charge in [-0.05, 0) is 28.1 Å². The summed E-state index contributed by atoms with van der Waals surface area (Å²) in [6.07, 6.45) is 0. The van der Waals surface area contributed by atoms with Gasteiger partial charge in [0.15, 0.2) is 0 Å². The van der Waals surface area contributed by atoms with Crippen molar-refractivity contribution in [2.75, 3.05) is 5.32 Å². The Morgan fingerprint density at radius 2 is 2.17 bits per heavy atom. The number of anilines is 1. The number of nitrogens with zero attached hydrogens (tertiary/aromatic N) is 1. The van der Waals surface area contributed by atoms with Crippen LogP contribution < -0.4 is 5.32 Å². The summed E-state index contributed by atoms with van der Waals surface area (Å²) in [5.74, 6) is -0.626.